The lowest BCUT2D eigenvalue weighted by Crippen LogP contribution is -2.29. The van der Waals surface area contributed by atoms with E-state index in [9.17, 15) is 19.8 Å². The second-order valence-electron chi connectivity index (χ2n) is 7.20. The van der Waals surface area contributed by atoms with Gasteiger partial charge in [-0.2, -0.15) is 0 Å². The molecule has 0 spiro atoms. The molecule has 1 amide bonds. The van der Waals surface area contributed by atoms with Crippen LogP contribution >= 0.6 is 15.9 Å². The summed E-state index contributed by atoms with van der Waals surface area (Å²) in [6.07, 6.45) is 0. The van der Waals surface area contributed by atoms with Gasteiger partial charge in [-0.05, 0) is 73.2 Å². The Kier molecular flexibility index (Phi) is 6.01. The van der Waals surface area contributed by atoms with Crippen molar-refractivity contribution in [2.75, 3.05) is 11.5 Å². The fraction of sp³-hybridized carbons (Fsp3) is 0.120. The summed E-state index contributed by atoms with van der Waals surface area (Å²) in [5.74, 6) is -1.23. The number of benzene rings is 3. The minimum atomic E-state index is -0.908. The van der Waals surface area contributed by atoms with Crippen molar-refractivity contribution >= 4 is 39.1 Å². The molecule has 1 fully saturated rings. The SMILES string of the molecule is CCOc1ccc(C(O)=C2C(=O)C(=O)N(c3ccc(Br)cc3)[C@H]2c2cccc(O)c2)cc1. The van der Waals surface area contributed by atoms with Gasteiger partial charge in [-0.3, -0.25) is 14.5 Å². The summed E-state index contributed by atoms with van der Waals surface area (Å²) in [5, 5.41) is 21.1. The van der Waals surface area contributed by atoms with E-state index < -0.39 is 17.7 Å². The summed E-state index contributed by atoms with van der Waals surface area (Å²) in [7, 11) is 0. The molecule has 1 heterocycles. The van der Waals surface area contributed by atoms with Crippen LogP contribution in [0.5, 0.6) is 11.5 Å². The quantitative estimate of drug-likeness (QED) is 0.290. The average molecular weight is 494 g/mol. The molecule has 1 aliphatic heterocycles. The predicted molar refractivity (Wildman–Crippen MR) is 125 cm³/mol. The first kappa shape index (κ1) is 21.6. The Balaban J connectivity index is 1.89. The Morgan fingerprint density at radius 2 is 1.72 bits per heavy atom. The number of Topliss-reactive ketones (excluding diaryl/α,β-unsaturated/α-hetero) is 1. The molecule has 2 N–H and O–H groups in total. The van der Waals surface area contributed by atoms with Gasteiger partial charge in [-0.15, -0.1) is 0 Å². The smallest absolute Gasteiger partial charge is 0.300 e. The number of carbonyl (C=O) groups excluding carboxylic acids is 2. The number of ether oxygens (including phenoxy) is 1. The maximum Gasteiger partial charge on any atom is 0.300 e. The summed E-state index contributed by atoms with van der Waals surface area (Å²) in [6, 6.07) is 19.0. The number of rotatable bonds is 5. The van der Waals surface area contributed by atoms with E-state index >= 15 is 0 Å². The van der Waals surface area contributed by atoms with E-state index in [1.54, 1.807) is 60.7 Å². The number of halogens is 1. The number of aliphatic hydroxyl groups is 1. The van der Waals surface area contributed by atoms with Crippen molar-refractivity contribution in [3.8, 4) is 11.5 Å². The Morgan fingerprint density at radius 3 is 2.34 bits per heavy atom. The zero-order valence-corrected chi connectivity index (χ0v) is 18.7. The fourth-order valence-electron chi connectivity index (χ4n) is 3.74. The number of phenols is 1. The van der Waals surface area contributed by atoms with Gasteiger partial charge >= 0.3 is 0 Å². The Morgan fingerprint density at radius 1 is 1.03 bits per heavy atom. The highest BCUT2D eigenvalue weighted by molar-refractivity contribution is 9.10. The third kappa shape index (κ3) is 3.99. The van der Waals surface area contributed by atoms with Crippen LogP contribution in [0.15, 0.2) is 82.8 Å². The van der Waals surface area contributed by atoms with Crippen molar-refractivity contribution in [3.05, 3.63) is 94.0 Å². The molecule has 0 aromatic heterocycles. The van der Waals surface area contributed by atoms with Crippen molar-refractivity contribution in [3.63, 3.8) is 0 Å². The molecule has 162 valence electrons. The molecule has 3 aromatic carbocycles. The molecule has 0 bridgehead atoms. The van der Waals surface area contributed by atoms with E-state index in [1.807, 2.05) is 6.92 Å². The van der Waals surface area contributed by atoms with Gasteiger partial charge in [-0.1, -0.05) is 28.1 Å². The lowest BCUT2D eigenvalue weighted by molar-refractivity contribution is -0.132. The molecule has 0 unspecified atom stereocenters. The largest absolute Gasteiger partial charge is 0.508 e. The van der Waals surface area contributed by atoms with Gasteiger partial charge < -0.3 is 14.9 Å². The first-order chi connectivity index (χ1) is 15.4. The zero-order valence-electron chi connectivity index (χ0n) is 17.2. The Labute approximate surface area is 193 Å². The van der Waals surface area contributed by atoms with E-state index in [-0.39, 0.29) is 17.1 Å². The first-order valence-electron chi connectivity index (χ1n) is 9.99. The number of hydrogen-bond donors (Lipinski definition) is 2. The highest BCUT2D eigenvalue weighted by atomic mass is 79.9. The Bertz CT molecular complexity index is 1200. The molecule has 1 aliphatic rings. The number of carbonyl (C=O) groups is 2. The van der Waals surface area contributed by atoms with Crippen LogP contribution in [0, 0.1) is 0 Å². The molecule has 4 rings (SSSR count). The van der Waals surface area contributed by atoms with Crippen LogP contribution in [0.3, 0.4) is 0 Å². The Hall–Kier alpha value is -3.58. The second-order valence-corrected chi connectivity index (χ2v) is 8.11. The zero-order chi connectivity index (χ0) is 22.8. The summed E-state index contributed by atoms with van der Waals surface area (Å²) in [5.41, 5.74) is 1.33. The van der Waals surface area contributed by atoms with Crippen LogP contribution in [-0.4, -0.2) is 28.5 Å². The fourth-order valence-corrected chi connectivity index (χ4v) is 4.01. The highest BCUT2D eigenvalue weighted by Gasteiger charge is 2.47. The normalized spacial score (nSPS) is 17.6. The first-order valence-corrected chi connectivity index (χ1v) is 10.8. The molecular formula is C25H20BrNO5. The number of aromatic hydroxyl groups is 1. The van der Waals surface area contributed by atoms with Crippen LogP contribution < -0.4 is 9.64 Å². The molecule has 0 saturated carbocycles. The van der Waals surface area contributed by atoms with Crippen LogP contribution in [0.2, 0.25) is 0 Å². The molecule has 6 nitrogen and oxygen atoms in total. The number of hydrogen-bond acceptors (Lipinski definition) is 5. The molecule has 0 aliphatic carbocycles. The third-order valence-electron chi connectivity index (χ3n) is 5.17. The summed E-state index contributed by atoms with van der Waals surface area (Å²) < 4.78 is 6.25. The molecule has 32 heavy (non-hydrogen) atoms. The van der Waals surface area contributed by atoms with Gasteiger partial charge in [0.05, 0.1) is 18.2 Å². The van der Waals surface area contributed by atoms with Gasteiger partial charge in [0.1, 0.15) is 17.3 Å². The van der Waals surface area contributed by atoms with Crippen LogP contribution in [0.1, 0.15) is 24.1 Å². The van der Waals surface area contributed by atoms with Crippen molar-refractivity contribution in [2.24, 2.45) is 0 Å². The highest BCUT2D eigenvalue weighted by Crippen LogP contribution is 2.43. The lowest BCUT2D eigenvalue weighted by Gasteiger charge is -2.25. The van der Waals surface area contributed by atoms with Crippen molar-refractivity contribution < 1.29 is 24.5 Å². The monoisotopic (exact) mass is 493 g/mol. The minimum Gasteiger partial charge on any atom is -0.508 e. The lowest BCUT2D eigenvalue weighted by atomic mass is 9.95. The molecule has 7 heteroatoms. The third-order valence-corrected chi connectivity index (χ3v) is 5.70. The van der Waals surface area contributed by atoms with Gasteiger partial charge in [0.2, 0.25) is 0 Å². The minimum absolute atomic E-state index is 0.00930. The predicted octanol–water partition coefficient (Wildman–Crippen LogP) is 5.18. The summed E-state index contributed by atoms with van der Waals surface area (Å²) >= 11 is 3.37. The van der Waals surface area contributed by atoms with Crippen molar-refractivity contribution in [1.82, 2.24) is 0 Å². The molecule has 0 radical (unpaired) electrons. The van der Waals surface area contributed by atoms with Gasteiger partial charge in [-0.25, -0.2) is 0 Å². The van der Waals surface area contributed by atoms with Gasteiger partial charge in [0.25, 0.3) is 11.7 Å². The second kappa shape index (κ2) is 8.88. The number of ketones is 1. The number of nitrogens with zero attached hydrogens (tertiary/aromatic N) is 1. The van der Waals surface area contributed by atoms with Crippen LogP contribution in [-0.2, 0) is 9.59 Å². The standard InChI is InChI=1S/C25H20BrNO5/c1-2-32-20-12-6-15(7-13-20)23(29)21-22(16-4-3-5-19(28)14-16)27(25(31)24(21)30)18-10-8-17(26)9-11-18/h3-14,22,28-29H,2H2,1H3/t22-/m0/s1. The van der Waals surface area contributed by atoms with E-state index in [0.717, 1.165) is 4.47 Å². The number of anilines is 1. The van der Waals surface area contributed by atoms with E-state index in [2.05, 4.69) is 15.9 Å². The van der Waals surface area contributed by atoms with Crippen LogP contribution in [0.25, 0.3) is 5.76 Å². The summed E-state index contributed by atoms with van der Waals surface area (Å²) in [6.45, 7) is 2.37. The topological polar surface area (TPSA) is 87.1 Å². The molecular weight excluding hydrogens is 474 g/mol. The van der Waals surface area contributed by atoms with Gasteiger partial charge in [0.15, 0.2) is 0 Å². The number of phenolic OH excluding ortho intramolecular Hbond substituents is 1. The maximum absolute atomic E-state index is 13.1. The molecule has 1 saturated heterocycles. The van der Waals surface area contributed by atoms with Gasteiger partial charge in [0, 0.05) is 15.7 Å². The van der Waals surface area contributed by atoms with Crippen molar-refractivity contribution in [1.29, 1.82) is 0 Å². The average Bonchev–Trinajstić information content (AvgIpc) is 3.05. The van der Waals surface area contributed by atoms with Crippen LogP contribution in [0.4, 0.5) is 5.69 Å². The van der Waals surface area contributed by atoms with Crippen molar-refractivity contribution in [2.45, 2.75) is 13.0 Å². The number of amides is 1. The number of aliphatic hydroxyl groups excluding tert-OH is 1. The van der Waals surface area contributed by atoms with E-state index in [4.69, 9.17) is 4.74 Å². The van der Waals surface area contributed by atoms with E-state index in [0.29, 0.717) is 29.2 Å². The summed E-state index contributed by atoms with van der Waals surface area (Å²) in [4.78, 5) is 27.5. The molecule has 1 atom stereocenters. The van der Waals surface area contributed by atoms with E-state index in [1.165, 1.54) is 17.0 Å². The molecule has 3 aromatic rings. The maximum atomic E-state index is 13.1.